The van der Waals surface area contributed by atoms with Gasteiger partial charge in [-0.05, 0) is 18.2 Å². The third kappa shape index (κ3) is 4.32. The highest BCUT2D eigenvalue weighted by Crippen LogP contribution is 2.07. The van der Waals surface area contributed by atoms with E-state index in [1.165, 1.54) is 18.2 Å². The lowest BCUT2D eigenvalue weighted by molar-refractivity contribution is -0.134. The molecular weight excluding hydrogens is 197 g/mol. The van der Waals surface area contributed by atoms with E-state index in [4.69, 9.17) is 5.11 Å². The number of aliphatic carboxylic acids is 1. The molecule has 0 saturated carbocycles. The molecule has 0 saturated heterocycles. The minimum atomic E-state index is -0.973. The molecule has 0 radical (unpaired) electrons. The van der Waals surface area contributed by atoms with E-state index in [1.807, 2.05) is 0 Å². The van der Waals surface area contributed by atoms with E-state index in [9.17, 15) is 9.18 Å². The van der Waals surface area contributed by atoms with E-state index in [-0.39, 0.29) is 24.8 Å². The van der Waals surface area contributed by atoms with Crippen molar-refractivity contribution in [3.05, 3.63) is 30.1 Å². The van der Waals surface area contributed by atoms with Crippen LogP contribution in [0.4, 0.5) is 10.1 Å². The van der Waals surface area contributed by atoms with E-state index in [1.54, 1.807) is 6.07 Å². The van der Waals surface area contributed by atoms with Crippen LogP contribution in [0.3, 0.4) is 0 Å². The molecule has 0 unspecified atom stereocenters. The fourth-order valence-corrected chi connectivity index (χ4v) is 0.776. The summed E-state index contributed by atoms with van der Waals surface area (Å²) < 4.78 is 12.5. The molecular formula is C8H9ClFNO2. The minimum absolute atomic E-state index is 0. The Balaban J connectivity index is 0.00000144. The summed E-state index contributed by atoms with van der Waals surface area (Å²) in [4.78, 5) is 10.1. The molecule has 72 valence electrons. The van der Waals surface area contributed by atoms with E-state index >= 15 is 0 Å². The molecule has 0 heterocycles. The van der Waals surface area contributed by atoms with Crippen molar-refractivity contribution in [2.24, 2.45) is 0 Å². The smallest absolute Gasteiger partial charge is 0.322 e. The molecule has 2 N–H and O–H groups in total. The predicted molar refractivity (Wildman–Crippen MR) is 49.8 cm³/mol. The van der Waals surface area contributed by atoms with E-state index in [0.29, 0.717) is 5.69 Å². The van der Waals surface area contributed by atoms with Gasteiger partial charge in [0.15, 0.2) is 0 Å². The molecule has 3 nitrogen and oxygen atoms in total. The van der Waals surface area contributed by atoms with Crippen LogP contribution >= 0.6 is 12.4 Å². The Morgan fingerprint density at radius 1 is 1.54 bits per heavy atom. The molecule has 0 atom stereocenters. The second-order valence-electron chi connectivity index (χ2n) is 2.26. The highest BCUT2D eigenvalue weighted by atomic mass is 35.5. The van der Waals surface area contributed by atoms with Crippen LogP contribution in [0, 0.1) is 5.82 Å². The van der Waals surface area contributed by atoms with E-state index < -0.39 is 5.97 Å². The summed E-state index contributed by atoms with van der Waals surface area (Å²) in [5, 5.41) is 10.8. The molecule has 13 heavy (non-hydrogen) atoms. The van der Waals surface area contributed by atoms with Gasteiger partial charge in [0.1, 0.15) is 12.4 Å². The molecule has 0 aliphatic heterocycles. The largest absolute Gasteiger partial charge is 0.480 e. The number of carboxylic acids is 1. The Morgan fingerprint density at radius 2 is 2.23 bits per heavy atom. The van der Waals surface area contributed by atoms with Gasteiger partial charge in [-0.3, -0.25) is 4.79 Å². The van der Waals surface area contributed by atoms with Crippen molar-refractivity contribution in [3.8, 4) is 0 Å². The molecule has 5 heteroatoms. The minimum Gasteiger partial charge on any atom is -0.480 e. The molecule has 0 amide bonds. The lowest BCUT2D eigenvalue weighted by atomic mass is 10.3. The lowest BCUT2D eigenvalue weighted by Gasteiger charge is -2.01. The molecule has 1 aromatic carbocycles. The number of carbonyl (C=O) groups is 1. The maximum Gasteiger partial charge on any atom is 0.322 e. The average molecular weight is 206 g/mol. The maximum absolute atomic E-state index is 12.5. The van der Waals surface area contributed by atoms with Crippen LogP contribution in [0.25, 0.3) is 0 Å². The van der Waals surface area contributed by atoms with Crippen LogP contribution < -0.4 is 5.32 Å². The van der Waals surface area contributed by atoms with Gasteiger partial charge in [-0.1, -0.05) is 6.07 Å². The molecule has 0 aliphatic carbocycles. The average Bonchev–Trinajstić information content (AvgIpc) is 2.01. The fraction of sp³-hybridized carbons (Fsp3) is 0.125. The van der Waals surface area contributed by atoms with Gasteiger partial charge < -0.3 is 10.4 Å². The van der Waals surface area contributed by atoms with Crippen molar-refractivity contribution >= 4 is 24.1 Å². The molecule has 0 aromatic heterocycles. The predicted octanol–water partition coefficient (Wildman–Crippen LogP) is 1.74. The van der Waals surface area contributed by atoms with E-state index in [0.717, 1.165) is 0 Å². The van der Waals surface area contributed by atoms with Crippen molar-refractivity contribution in [2.45, 2.75) is 0 Å². The van der Waals surface area contributed by atoms with Crippen molar-refractivity contribution in [3.63, 3.8) is 0 Å². The van der Waals surface area contributed by atoms with Crippen LogP contribution in [0.2, 0.25) is 0 Å². The Labute approximate surface area is 81.0 Å². The summed E-state index contributed by atoms with van der Waals surface area (Å²) in [6.45, 7) is -0.205. The molecule has 0 bridgehead atoms. The quantitative estimate of drug-likeness (QED) is 0.791. The number of rotatable bonds is 3. The zero-order valence-electron chi connectivity index (χ0n) is 6.66. The summed E-state index contributed by atoms with van der Waals surface area (Å²) in [5.41, 5.74) is 0.470. The number of hydrogen-bond donors (Lipinski definition) is 2. The lowest BCUT2D eigenvalue weighted by Crippen LogP contribution is -2.12. The van der Waals surface area contributed by atoms with Gasteiger partial charge in [0.05, 0.1) is 0 Å². The topological polar surface area (TPSA) is 49.3 Å². The summed E-state index contributed by atoms with van der Waals surface area (Å²) in [5.74, 6) is -1.36. The van der Waals surface area contributed by atoms with Crippen molar-refractivity contribution in [1.29, 1.82) is 0 Å². The standard InChI is InChI=1S/C8H8FNO2.ClH/c9-6-2-1-3-7(4-6)10-5-8(11)12;/h1-4,10H,5H2,(H,11,12);1H. The molecule has 0 aliphatic rings. The van der Waals surface area contributed by atoms with Crippen molar-refractivity contribution < 1.29 is 14.3 Å². The first-order valence-corrected chi connectivity index (χ1v) is 3.40. The Bertz CT molecular complexity index is 293. The highest BCUT2D eigenvalue weighted by molar-refractivity contribution is 5.85. The van der Waals surface area contributed by atoms with Crippen LogP contribution in [0.1, 0.15) is 0 Å². The summed E-state index contributed by atoms with van der Waals surface area (Å²) in [7, 11) is 0. The normalized spacial score (nSPS) is 8.69. The highest BCUT2D eigenvalue weighted by Gasteiger charge is 1.97. The van der Waals surface area contributed by atoms with Crippen molar-refractivity contribution in [1.82, 2.24) is 0 Å². The third-order valence-corrected chi connectivity index (χ3v) is 1.27. The summed E-state index contributed by atoms with van der Waals surface area (Å²) in [6, 6.07) is 5.65. The Morgan fingerprint density at radius 3 is 2.77 bits per heavy atom. The Hall–Kier alpha value is -1.29. The summed E-state index contributed by atoms with van der Waals surface area (Å²) >= 11 is 0. The van der Waals surface area contributed by atoms with Gasteiger partial charge in [-0.15, -0.1) is 12.4 Å². The number of carboxylic acid groups (broad SMARTS) is 1. The number of nitrogens with one attached hydrogen (secondary N) is 1. The molecule has 1 aromatic rings. The van der Waals surface area contributed by atoms with Crippen LogP contribution in [-0.2, 0) is 4.79 Å². The van der Waals surface area contributed by atoms with Gasteiger partial charge in [-0.2, -0.15) is 0 Å². The first kappa shape index (κ1) is 11.7. The van der Waals surface area contributed by atoms with Gasteiger partial charge in [0.25, 0.3) is 0 Å². The SMILES string of the molecule is Cl.O=C(O)CNc1cccc(F)c1. The van der Waals surface area contributed by atoms with Crippen molar-refractivity contribution in [2.75, 3.05) is 11.9 Å². The zero-order chi connectivity index (χ0) is 8.97. The van der Waals surface area contributed by atoms with Gasteiger partial charge in [-0.25, -0.2) is 4.39 Å². The maximum atomic E-state index is 12.5. The molecule has 0 fully saturated rings. The van der Waals surface area contributed by atoms with Crippen LogP contribution in [0.5, 0.6) is 0 Å². The first-order chi connectivity index (χ1) is 5.68. The van der Waals surface area contributed by atoms with E-state index in [2.05, 4.69) is 5.32 Å². The molecule has 0 spiro atoms. The van der Waals surface area contributed by atoms with Crippen LogP contribution in [-0.4, -0.2) is 17.6 Å². The number of anilines is 1. The monoisotopic (exact) mass is 205 g/mol. The van der Waals surface area contributed by atoms with Gasteiger partial charge in [0, 0.05) is 5.69 Å². The summed E-state index contributed by atoms with van der Waals surface area (Å²) in [6.07, 6.45) is 0. The number of halogens is 2. The number of benzene rings is 1. The number of hydrogen-bond acceptors (Lipinski definition) is 2. The van der Waals surface area contributed by atoms with Gasteiger partial charge >= 0.3 is 5.97 Å². The third-order valence-electron chi connectivity index (χ3n) is 1.27. The second-order valence-corrected chi connectivity index (χ2v) is 2.26. The zero-order valence-corrected chi connectivity index (χ0v) is 7.47. The Kier molecular flexibility index (Phi) is 4.84. The first-order valence-electron chi connectivity index (χ1n) is 3.40. The van der Waals surface area contributed by atoms with Crippen LogP contribution in [0.15, 0.2) is 24.3 Å². The molecule has 1 rings (SSSR count). The van der Waals surface area contributed by atoms with Gasteiger partial charge in [0.2, 0.25) is 0 Å². The second kappa shape index (κ2) is 5.37. The fourth-order valence-electron chi connectivity index (χ4n) is 0.776.